The summed E-state index contributed by atoms with van der Waals surface area (Å²) in [5, 5.41) is 7.22. The van der Waals surface area contributed by atoms with Gasteiger partial charge in [0.05, 0.1) is 4.90 Å². The maximum Gasteiger partial charge on any atom is 0.294 e. The number of nitrogens with two attached hydrogens (primary N) is 1. The Labute approximate surface area is 131 Å². The van der Waals surface area contributed by atoms with E-state index in [2.05, 4.69) is 0 Å². The molecule has 0 amide bonds. The molecule has 0 aliphatic heterocycles. The van der Waals surface area contributed by atoms with Gasteiger partial charge in [0.2, 0.25) is 0 Å². The lowest BCUT2D eigenvalue weighted by Gasteiger charge is -2.03. The lowest BCUT2D eigenvalue weighted by atomic mass is 10.1. The first kappa shape index (κ1) is 17.9. The zero-order valence-electron chi connectivity index (χ0n) is 12.8. The summed E-state index contributed by atoms with van der Waals surface area (Å²) in [4.78, 5) is -0.0666. The molecule has 22 heavy (non-hydrogen) atoms. The number of hydrogen-bond donors (Lipinski definition) is 3. The highest BCUT2D eigenvalue weighted by atomic mass is 32.2. The second-order valence-electron chi connectivity index (χ2n) is 5.02. The second-order valence-corrected chi connectivity index (χ2v) is 6.44. The Hall–Kier alpha value is -2.18. The van der Waals surface area contributed by atoms with Crippen LogP contribution in [0.4, 0.5) is 0 Å². The van der Waals surface area contributed by atoms with Crippen LogP contribution in [0.1, 0.15) is 22.3 Å². The molecule has 0 heterocycles. The summed E-state index contributed by atoms with van der Waals surface area (Å²) >= 11 is 0. The van der Waals surface area contributed by atoms with Gasteiger partial charge >= 0.3 is 0 Å². The third kappa shape index (κ3) is 5.31. The van der Waals surface area contributed by atoms with Crippen LogP contribution in [-0.2, 0) is 10.1 Å². The number of nitrogen functional groups attached to an aromatic ring is 1. The molecule has 0 spiro atoms. The van der Waals surface area contributed by atoms with Crippen molar-refractivity contribution in [3.63, 3.8) is 0 Å². The highest BCUT2D eigenvalue weighted by Crippen LogP contribution is 2.09. The fourth-order valence-corrected chi connectivity index (χ4v) is 2.31. The summed E-state index contributed by atoms with van der Waals surface area (Å²) in [6, 6.07) is 11.9. The molecule has 0 aliphatic rings. The van der Waals surface area contributed by atoms with Gasteiger partial charge in [-0.1, -0.05) is 41.5 Å². The van der Waals surface area contributed by atoms with Crippen LogP contribution < -0.4 is 5.73 Å². The third-order valence-corrected chi connectivity index (χ3v) is 3.86. The minimum absolute atomic E-state index is 0.0666. The van der Waals surface area contributed by atoms with Gasteiger partial charge in [0.15, 0.2) is 0 Å². The van der Waals surface area contributed by atoms with Crippen LogP contribution in [0.15, 0.2) is 47.4 Å². The van der Waals surface area contributed by atoms with Crippen molar-refractivity contribution in [2.75, 3.05) is 0 Å². The van der Waals surface area contributed by atoms with E-state index in [-0.39, 0.29) is 10.7 Å². The molecule has 0 saturated heterocycles. The predicted octanol–water partition coefficient (Wildman–Crippen LogP) is 2.83. The molecule has 2 rings (SSSR count). The number of rotatable bonds is 2. The zero-order valence-corrected chi connectivity index (χ0v) is 13.6. The first-order valence-corrected chi connectivity index (χ1v) is 8.01. The number of nitrogens with one attached hydrogen (secondary N) is 1. The molecule has 0 bridgehead atoms. The first-order chi connectivity index (χ1) is 10.1. The van der Waals surface area contributed by atoms with Crippen molar-refractivity contribution in [1.29, 1.82) is 5.41 Å². The van der Waals surface area contributed by atoms with Crippen molar-refractivity contribution < 1.29 is 13.0 Å². The zero-order chi connectivity index (χ0) is 16.9. The van der Waals surface area contributed by atoms with Gasteiger partial charge in [-0.3, -0.25) is 9.96 Å². The summed E-state index contributed by atoms with van der Waals surface area (Å²) < 4.78 is 29.6. The summed E-state index contributed by atoms with van der Waals surface area (Å²) in [5.41, 5.74) is 9.40. The summed E-state index contributed by atoms with van der Waals surface area (Å²) in [6.07, 6.45) is 0. The molecule has 0 aliphatic carbocycles. The van der Waals surface area contributed by atoms with E-state index in [0.717, 1.165) is 16.7 Å². The molecule has 0 fully saturated rings. The molecular formula is C16H20N2O3S. The third-order valence-electron chi connectivity index (χ3n) is 2.99. The molecule has 0 atom stereocenters. The monoisotopic (exact) mass is 320 g/mol. The highest BCUT2D eigenvalue weighted by Gasteiger charge is 2.06. The molecule has 6 heteroatoms. The minimum Gasteiger partial charge on any atom is -0.384 e. The highest BCUT2D eigenvalue weighted by molar-refractivity contribution is 7.85. The lowest BCUT2D eigenvalue weighted by Crippen LogP contribution is -2.12. The van der Waals surface area contributed by atoms with Gasteiger partial charge in [0, 0.05) is 5.56 Å². The second kappa shape index (κ2) is 7.20. The fraction of sp³-hybridized carbons (Fsp3) is 0.188. The standard InChI is InChI=1S/C9H12N2.C7H8O3S/c1-6-3-4-8(9(10)11)7(2)5-6;1-6-2-4-7(5-3-6)11(8,9)10/h3-5H,1-2H3,(H3,10,11);2-5H,1H3,(H,8,9,10). The van der Waals surface area contributed by atoms with E-state index in [0.29, 0.717) is 0 Å². The fourth-order valence-electron chi connectivity index (χ4n) is 1.83. The molecule has 2 aromatic carbocycles. The van der Waals surface area contributed by atoms with Crippen molar-refractivity contribution in [3.8, 4) is 0 Å². The Kier molecular flexibility index (Phi) is 5.84. The van der Waals surface area contributed by atoms with E-state index in [9.17, 15) is 8.42 Å². The Balaban J connectivity index is 0.000000220. The van der Waals surface area contributed by atoms with Gasteiger partial charge in [0.25, 0.3) is 10.1 Å². The van der Waals surface area contributed by atoms with Crippen LogP contribution in [0.3, 0.4) is 0 Å². The smallest absolute Gasteiger partial charge is 0.294 e. The molecular weight excluding hydrogens is 300 g/mol. The lowest BCUT2D eigenvalue weighted by molar-refractivity contribution is 0.483. The summed E-state index contributed by atoms with van der Waals surface area (Å²) in [7, 11) is -4.02. The van der Waals surface area contributed by atoms with Gasteiger partial charge < -0.3 is 5.73 Å². The quantitative estimate of drug-likeness (QED) is 0.449. The van der Waals surface area contributed by atoms with Crippen molar-refractivity contribution in [1.82, 2.24) is 0 Å². The maximum atomic E-state index is 10.5. The van der Waals surface area contributed by atoms with E-state index >= 15 is 0 Å². The number of hydrogen-bond acceptors (Lipinski definition) is 3. The Morgan fingerprint density at radius 3 is 1.91 bits per heavy atom. The molecule has 0 saturated carbocycles. The van der Waals surface area contributed by atoms with Crippen LogP contribution >= 0.6 is 0 Å². The molecule has 4 N–H and O–H groups in total. The van der Waals surface area contributed by atoms with Crippen LogP contribution in [0.2, 0.25) is 0 Å². The maximum absolute atomic E-state index is 10.5. The minimum atomic E-state index is -4.02. The molecule has 118 valence electrons. The average molecular weight is 320 g/mol. The van der Waals surface area contributed by atoms with E-state index in [1.165, 1.54) is 17.7 Å². The van der Waals surface area contributed by atoms with Gasteiger partial charge in [-0.15, -0.1) is 0 Å². The summed E-state index contributed by atoms with van der Waals surface area (Å²) in [5.74, 6) is 0.141. The van der Waals surface area contributed by atoms with Crippen molar-refractivity contribution in [2.45, 2.75) is 25.7 Å². The Morgan fingerprint density at radius 2 is 1.50 bits per heavy atom. The normalized spacial score (nSPS) is 10.5. The van der Waals surface area contributed by atoms with E-state index in [1.807, 2.05) is 39.0 Å². The number of benzene rings is 2. The largest absolute Gasteiger partial charge is 0.384 e. The van der Waals surface area contributed by atoms with Crippen molar-refractivity contribution in [3.05, 3.63) is 64.7 Å². The van der Waals surface area contributed by atoms with Gasteiger partial charge in [0.1, 0.15) is 5.84 Å². The van der Waals surface area contributed by atoms with Crippen LogP contribution in [0, 0.1) is 26.2 Å². The molecule has 0 aromatic heterocycles. The molecule has 5 nitrogen and oxygen atoms in total. The molecule has 0 unspecified atom stereocenters. The van der Waals surface area contributed by atoms with Crippen LogP contribution in [-0.4, -0.2) is 18.8 Å². The Bertz CT molecular complexity index is 766. The number of aryl methyl sites for hydroxylation is 3. The van der Waals surface area contributed by atoms with Gasteiger partial charge in [-0.05, 0) is 38.5 Å². The topological polar surface area (TPSA) is 104 Å². The van der Waals surface area contributed by atoms with Crippen LogP contribution in [0.25, 0.3) is 0 Å². The van der Waals surface area contributed by atoms with Crippen molar-refractivity contribution in [2.24, 2.45) is 5.73 Å². The van der Waals surface area contributed by atoms with E-state index in [4.69, 9.17) is 15.7 Å². The average Bonchev–Trinajstić information content (AvgIpc) is 2.38. The van der Waals surface area contributed by atoms with Gasteiger partial charge in [-0.2, -0.15) is 8.42 Å². The van der Waals surface area contributed by atoms with Crippen molar-refractivity contribution >= 4 is 16.0 Å². The van der Waals surface area contributed by atoms with E-state index in [1.54, 1.807) is 12.1 Å². The first-order valence-electron chi connectivity index (χ1n) is 6.57. The predicted molar refractivity (Wildman–Crippen MR) is 87.9 cm³/mol. The van der Waals surface area contributed by atoms with Crippen LogP contribution in [0.5, 0.6) is 0 Å². The summed E-state index contributed by atoms with van der Waals surface area (Å²) in [6.45, 7) is 5.83. The molecule has 2 aromatic rings. The van der Waals surface area contributed by atoms with E-state index < -0.39 is 10.1 Å². The Morgan fingerprint density at radius 1 is 1.00 bits per heavy atom. The SMILES string of the molecule is Cc1ccc(C(=N)N)c(C)c1.Cc1ccc(S(=O)(=O)O)cc1. The number of amidine groups is 1. The molecule has 0 radical (unpaired) electrons. The van der Waals surface area contributed by atoms with Gasteiger partial charge in [-0.25, -0.2) is 0 Å².